The van der Waals surface area contributed by atoms with Gasteiger partial charge in [-0.15, -0.1) is 12.4 Å². The fourth-order valence-corrected chi connectivity index (χ4v) is 2.36. The maximum atomic E-state index is 6.19. The van der Waals surface area contributed by atoms with E-state index < -0.39 is 0 Å². The van der Waals surface area contributed by atoms with Gasteiger partial charge in [-0.2, -0.15) is 0 Å². The van der Waals surface area contributed by atoms with Crippen LogP contribution in [0.3, 0.4) is 0 Å². The van der Waals surface area contributed by atoms with Crippen molar-refractivity contribution in [3.63, 3.8) is 0 Å². The second kappa shape index (κ2) is 10.1. The van der Waals surface area contributed by atoms with E-state index in [-0.39, 0.29) is 18.4 Å². The predicted molar refractivity (Wildman–Crippen MR) is 97.5 cm³/mol. The number of hydrogen-bond donors (Lipinski definition) is 1. The van der Waals surface area contributed by atoms with Gasteiger partial charge in [0.25, 0.3) is 0 Å². The van der Waals surface area contributed by atoms with Gasteiger partial charge >= 0.3 is 0 Å². The number of halogens is 1. The van der Waals surface area contributed by atoms with Crippen LogP contribution in [0.1, 0.15) is 43.9 Å². The molecule has 0 saturated heterocycles. The average molecular weight is 336 g/mol. The highest BCUT2D eigenvalue weighted by Crippen LogP contribution is 2.31. The van der Waals surface area contributed by atoms with Gasteiger partial charge in [0.2, 0.25) is 0 Å². The molecule has 0 radical (unpaired) electrons. The van der Waals surface area contributed by atoms with Crippen LogP contribution in [0.15, 0.2) is 48.5 Å². The van der Waals surface area contributed by atoms with E-state index in [9.17, 15) is 0 Å². The topological polar surface area (TPSA) is 44.5 Å². The first-order valence-corrected chi connectivity index (χ1v) is 7.93. The molecule has 2 N–H and O–H groups in total. The molecule has 0 aliphatic carbocycles. The molecule has 0 aromatic heterocycles. The lowest BCUT2D eigenvalue weighted by molar-refractivity contribution is 0.269. The zero-order chi connectivity index (χ0) is 15.8. The molecule has 2 aromatic carbocycles. The van der Waals surface area contributed by atoms with E-state index in [1.54, 1.807) is 0 Å². The van der Waals surface area contributed by atoms with Gasteiger partial charge < -0.3 is 15.2 Å². The molecule has 0 bridgehead atoms. The minimum absolute atomic E-state index is 0. The third-order valence-corrected chi connectivity index (χ3v) is 3.53. The third kappa shape index (κ3) is 5.77. The van der Waals surface area contributed by atoms with Crippen LogP contribution in [0.5, 0.6) is 11.5 Å². The van der Waals surface area contributed by atoms with Crippen molar-refractivity contribution in [1.29, 1.82) is 0 Å². The van der Waals surface area contributed by atoms with Crippen LogP contribution >= 0.6 is 12.4 Å². The molecule has 2 aromatic rings. The van der Waals surface area contributed by atoms with Crippen LogP contribution < -0.4 is 15.2 Å². The molecule has 2 rings (SSSR count). The van der Waals surface area contributed by atoms with Crippen LogP contribution in [0.2, 0.25) is 0 Å². The standard InChI is InChI=1S/C19H25NO2.ClH/c1-3-8-17(20)16-11-12-18(19(13-16)21-4-2)22-14-15-9-6-5-7-10-15;/h5-7,9-13,17H,3-4,8,14,20H2,1-2H3;1H/t17-;/m1./s1. The Morgan fingerprint density at radius 3 is 2.35 bits per heavy atom. The summed E-state index contributed by atoms with van der Waals surface area (Å²) in [6.45, 7) is 5.25. The van der Waals surface area contributed by atoms with Gasteiger partial charge in [-0.1, -0.05) is 49.7 Å². The van der Waals surface area contributed by atoms with Gasteiger partial charge in [0.1, 0.15) is 6.61 Å². The lowest BCUT2D eigenvalue weighted by Crippen LogP contribution is -2.10. The third-order valence-electron chi connectivity index (χ3n) is 3.53. The second-order valence-electron chi connectivity index (χ2n) is 5.31. The summed E-state index contributed by atoms with van der Waals surface area (Å²) < 4.78 is 11.6. The number of ether oxygens (including phenoxy) is 2. The minimum Gasteiger partial charge on any atom is -0.490 e. The summed E-state index contributed by atoms with van der Waals surface area (Å²) in [6, 6.07) is 16.2. The SMILES string of the molecule is CCC[C@@H](N)c1ccc(OCc2ccccc2)c(OCC)c1.Cl. The Hall–Kier alpha value is -1.71. The molecule has 0 aliphatic heterocycles. The van der Waals surface area contributed by atoms with Gasteiger partial charge in [-0.3, -0.25) is 0 Å². The second-order valence-corrected chi connectivity index (χ2v) is 5.31. The lowest BCUT2D eigenvalue weighted by atomic mass is 10.0. The lowest BCUT2D eigenvalue weighted by Gasteiger charge is -2.16. The molecule has 0 spiro atoms. The van der Waals surface area contributed by atoms with E-state index in [2.05, 4.69) is 6.92 Å². The van der Waals surface area contributed by atoms with Crippen molar-refractivity contribution in [3.8, 4) is 11.5 Å². The van der Waals surface area contributed by atoms with Crippen LogP contribution in [-0.4, -0.2) is 6.61 Å². The number of hydrogen-bond acceptors (Lipinski definition) is 3. The van der Waals surface area contributed by atoms with Gasteiger partial charge in [-0.25, -0.2) is 0 Å². The normalized spacial score (nSPS) is 11.4. The molecule has 0 saturated carbocycles. The van der Waals surface area contributed by atoms with E-state index in [1.807, 2.05) is 55.5 Å². The van der Waals surface area contributed by atoms with E-state index >= 15 is 0 Å². The zero-order valence-corrected chi connectivity index (χ0v) is 14.6. The first-order chi connectivity index (χ1) is 10.7. The van der Waals surface area contributed by atoms with Gasteiger partial charge in [0, 0.05) is 6.04 Å². The van der Waals surface area contributed by atoms with Crippen molar-refractivity contribution in [2.45, 2.75) is 39.3 Å². The Labute approximate surface area is 145 Å². The van der Waals surface area contributed by atoms with Crippen molar-refractivity contribution in [2.75, 3.05) is 6.61 Å². The highest BCUT2D eigenvalue weighted by atomic mass is 35.5. The highest BCUT2D eigenvalue weighted by molar-refractivity contribution is 5.85. The summed E-state index contributed by atoms with van der Waals surface area (Å²) in [5, 5.41) is 0. The molecule has 0 aliphatic rings. The molecule has 23 heavy (non-hydrogen) atoms. The van der Waals surface area contributed by atoms with Crippen LogP contribution in [0.4, 0.5) is 0 Å². The number of rotatable bonds is 8. The molecule has 4 heteroatoms. The smallest absolute Gasteiger partial charge is 0.161 e. The Morgan fingerprint density at radius 2 is 1.70 bits per heavy atom. The van der Waals surface area contributed by atoms with Crippen molar-refractivity contribution < 1.29 is 9.47 Å². The Balaban J connectivity index is 0.00000264. The summed E-state index contributed by atoms with van der Waals surface area (Å²) in [4.78, 5) is 0. The zero-order valence-electron chi connectivity index (χ0n) is 13.8. The molecule has 0 unspecified atom stereocenters. The largest absolute Gasteiger partial charge is 0.490 e. The molecule has 0 heterocycles. The van der Waals surface area contributed by atoms with Gasteiger partial charge in [-0.05, 0) is 36.6 Å². The minimum atomic E-state index is 0. The fraction of sp³-hybridized carbons (Fsp3) is 0.368. The summed E-state index contributed by atoms with van der Waals surface area (Å²) in [7, 11) is 0. The number of nitrogens with two attached hydrogens (primary N) is 1. The first-order valence-electron chi connectivity index (χ1n) is 7.93. The fourth-order valence-electron chi connectivity index (χ4n) is 2.36. The van der Waals surface area contributed by atoms with E-state index in [4.69, 9.17) is 15.2 Å². The molecule has 1 atom stereocenters. The van der Waals surface area contributed by atoms with E-state index in [0.717, 1.165) is 35.5 Å². The predicted octanol–water partition coefficient (Wildman–Crippen LogP) is 4.89. The summed E-state index contributed by atoms with van der Waals surface area (Å²) in [5.74, 6) is 1.53. The van der Waals surface area contributed by atoms with Crippen LogP contribution in [-0.2, 0) is 6.61 Å². The summed E-state index contributed by atoms with van der Waals surface area (Å²) in [6.07, 6.45) is 2.03. The Kier molecular flexibility index (Phi) is 8.52. The summed E-state index contributed by atoms with van der Waals surface area (Å²) in [5.41, 5.74) is 8.42. The van der Waals surface area contributed by atoms with E-state index in [1.165, 1.54) is 0 Å². The Morgan fingerprint density at radius 1 is 0.957 bits per heavy atom. The van der Waals surface area contributed by atoms with Crippen molar-refractivity contribution in [3.05, 3.63) is 59.7 Å². The van der Waals surface area contributed by atoms with Crippen molar-refractivity contribution in [2.24, 2.45) is 5.73 Å². The Bertz CT molecular complexity index is 575. The molecule has 3 nitrogen and oxygen atoms in total. The van der Waals surface area contributed by atoms with Gasteiger partial charge in [0.05, 0.1) is 6.61 Å². The van der Waals surface area contributed by atoms with E-state index in [0.29, 0.717) is 13.2 Å². The van der Waals surface area contributed by atoms with Crippen LogP contribution in [0.25, 0.3) is 0 Å². The first kappa shape index (κ1) is 19.3. The average Bonchev–Trinajstić information content (AvgIpc) is 2.55. The van der Waals surface area contributed by atoms with Crippen LogP contribution in [0, 0.1) is 0 Å². The molecule has 0 amide bonds. The molecule has 0 fully saturated rings. The van der Waals surface area contributed by atoms with Crippen molar-refractivity contribution >= 4 is 12.4 Å². The molecular weight excluding hydrogens is 310 g/mol. The molecular formula is C19H26ClNO2. The van der Waals surface area contributed by atoms with Crippen molar-refractivity contribution in [1.82, 2.24) is 0 Å². The molecule has 126 valence electrons. The maximum absolute atomic E-state index is 6.19. The highest BCUT2D eigenvalue weighted by Gasteiger charge is 2.11. The quantitative estimate of drug-likeness (QED) is 0.747. The number of benzene rings is 2. The monoisotopic (exact) mass is 335 g/mol. The summed E-state index contributed by atoms with van der Waals surface area (Å²) >= 11 is 0. The van der Waals surface area contributed by atoms with Gasteiger partial charge in [0.15, 0.2) is 11.5 Å². The maximum Gasteiger partial charge on any atom is 0.161 e.